The van der Waals surface area contributed by atoms with E-state index < -0.39 is 0 Å². The van der Waals surface area contributed by atoms with Crippen LogP contribution in [0.5, 0.6) is 5.75 Å². The van der Waals surface area contributed by atoms with Gasteiger partial charge in [0.1, 0.15) is 5.75 Å². The number of nitrogens with one attached hydrogen (secondary N) is 2. The minimum atomic E-state index is 0. The molecule has 1 aliphatic heterocycles. The number of piperidine rings is 1. The number of hydrogen-bond donors (Lipinski definition) is 2. The fourth-order valence-electron chi connectivity index (χ4n) is 5.24. The number of benzene rings is 1. The lowest BCUT2D eigenvalue weighted by atomic mass is 9.79. The van der Waals surface area contributed by atoms with Crippen LogP contribution < -0.4 is 15.4 Å². The van der Waals surface area contributed by atoms with Gasteiger partial charge < -0.3 is 15.4 Å². The van der Waals surface area contributed by atoms with Gasteiger partial charge in [-0.05, 0) is 62.4 Å². The minimum absolute atomic E-state index is 0. The first-order valence-electron chi connectivity index (χ1n) is 12.5. The van der Waals surface area contributed by atoms with E-state index in [2.05, 4.69) is 57.8 Å². The van der Waals surface area contributed by atoms with E-state index in [-0.39, 0.29) is 29.4 Å². The summed E-state index contributed by atoms with van der Waals surface area (Å²) in [6.07, 6.45) is 9.04. The molecule has 7 heteroatoms. The van der Waals surface area contributed by atoms with Crippen LogP contribution in [0.1, 0.15) is 56.7 Å². The van der Waals surface area contributed by atoms with E-state index in [4.69, 9.17) is 9.73 Å². The molecule has 1 saturated carbocycles. The average molecular weight is 578 g/mol. The Hall–Kier alpha value is -1.87. The Morgan fingerprint density at radius 2 is 1.94 bits per heavy atom. The third kappa shape index (κ3) is 7.07. The van der Waals surface area contributed by atoms with Gasteiger partial charge in [0.05, 0.1) is 19.3 Å². The van der Waals surface area contributed by atoms with Gasteiger partial charge >= 0.3 is 0 Å². The predicted octanol–water partition coefficient (Wildman–Crippen LogP) is 4.74. The van der Waals surface area contributed by atoms with E-state index in [1.165, 1.54) is 31.2 Å². The Morgan fingerprint density at radius 1 is 1.15 bits per heavy atom. The molecule has 0 amide bonds. The summed E-state index contributed by atoms with van der Waals surface area (Å²) >= 11 is 0. The molecular weight excluding hydrogens is 537 g/mol. The fourth-order valence-corrected chi connectivity index (χ4v) is 5.24. The zero-order valence-corrected chi connectivity index (χ0v) is 23.0. The van der Waals surface area contributed by atoms with E-state index >= 15 is 0 Å². The molecule has 1 aromatic heterocycles. The number of likely N-dealkylation sites (tertiary alicyclic amines) is 1. The topological polar surface area (TPSA) is 61.8 Å². The predicted molar refractivity (Wildman–Crippen MR) is 150 cm³/mol. The highest BCUT2D eigenvalue weighted by Crippen LogP contribution is 2.42. The van der Waals surface area contributed by atoms with E-state index in [1.807, 2.05) is 18.3 Å². The van der Waals surface area contributed by atoms with Gasteiger partial charge in [-0.15, -0.1) is 24.0 Å². The van der Waals surface area contributed by atoms with Gasteiger partial charge in [-0.25, -0.2) is 0 Å². The normalized spacial score (nSPS) is 18.8. The second kappa shape index (κ2) is 13.3. The second-order valence-electron chi connectivity index (χ2n) is 9.43. The number of ether oxygens (including phenoxy) is 1. The standard InChI is InChI=1S/C27H39N5O.HI/c1-3-28-26(31-23-12-17-32(18-13-23)20-24-10-4-7-16-29-24)30-21-27(14-5-6-15-27)22-9-8-11-25(19-22)33-2;/h4,7-11,16,19,23H,3,5-6,12-15,17-18,20-21H2,1-2H3,(H2,28,30,31);1H. The van der Waals surface area contributed by atoms with Gasteiger partial charge in [0.2, 0.25) is 0 Å². The third-order valence-corrected chi connectivity index (χ3v) is 7.17. The summed E-state index contributed by atoms with van der Waals surface area (Å²) in [6.45, 7) is 6.93. The van der Waals surface area contributed by atoms with Crippen LogP contribution >= 0.6 is 24.0 Å². The molecule has 6 nitrogen and oxygen atoms in total. The zero-order valence-electron chi connectivity index (χ0n) is 20.6. The second-order valence-corrected chi connectivity index (χ2v) is 9.43. The summed E-state index contributed by atoms with van der Waals surface area (Å²) in [5.41, 5.74) is 2.63. The maximum atomic E-state index is 5.50. The zero-order chi connectivity index (χ0) is 22.9. The summed E-state index contributed by atoms with van der Waals surface area (Å²) in [7, 11) is 1.74. The van der Waals surface area contributed by atoms with Crippen molar-refractivity contribution in [2.24, 2.45) is 4.99 Å². The van der Waals surface area contributed by atoms with Gasteiger partial charge in [-0.3, -0.25) is 14.9 Å². The number of aliphatic imine (C=N–C) groups is 1. The molecule has 0 bridgehead atoms. The molecule has 0 spiro atoms. The van der Waals surface area contributed by atoms with Gasteiger partial charge in [-0.1, -0.05) is 31.0 Å². The quantitative estimate of drug-likeness (QED) is 0.270. The Balaban J connectivity index is 0.00000324. The molecule has 2 heterocycles. The van der Waals surface area contributed by atoms with Crippen LogP contribution in [0.2, 0.25) is 0 Å². The molecule has 1 aliphatic carbocycles. The summed E-state index contributed by atoms with van der Waals surface area (Å²) < 4.78 is 5.50. The Bertz CT molecular complexity index is 893. The highest BCUT2D eigenvalue weighted by atomic mass is 127. The number of pyridine rings is 1. The van der Waals surface area contributed by atoms with Crippen LogP contribution in [0.25, 0.3) is 0 Å². The first-order valence-corrected chi connectivity index (χ1v) is 12.5. The molecule has 4 rings (SSSR count). The molecule has 1 saturated heterocycles. The number of guanidine groups is 1. The van der Waals surface area contributed by atoms with Crippen LogP contribution in [0, 0.1) is 0 Å². The molecule has 2 fully saturated rings. The number of hydrogen-bond acceptors (Lipinski definition) is 4. The molecule has 2 N–H and O–H groups in total. The van der Waals surface area contributed by atoms with Crippen molar-refractivity contribution in [3.8, 4) is 5.75 Å². The molecule has 0 radical (unpaired) electrons. The van der Waals surface area contributed by atoms with Gasteiger partial charge in [0.15, 0.2) is 5.96 Å². The SMILES string of the molecule is CCNC(=NCC1(c2cccc(OC)c2)CCCC1)NC1CCN(Cc2ccccn2)CC1.I. The highest BCUT2D eigenvalue weighted by Gasteiger charge is 2.36. The van der Waals surface area contributed by atoms with Gasteiger partial charge in [-0.2, -0.15) is 0 Å². The number of aromatic nitrogens is 1. The Morgan fingerprint density at radius 3 is 2.62 bits per heavy atom. The average Bonchev–Trinajstić information content (AvgIpc) is 3.35. The monoisotopic (exact) mass is 577 g/mol. The van der Waals surface area contributed by atoms with Gasteiger partial charge in [0, 0.05) is 43.8 Å². The van der Waals surface area contributed by atoms with Crippen molar-refractivity contribution in [2.75, 3.05) is 33.3 Å². The van der Waals surface area contributed by atoms with E-state index in [0.717, 1.165) is 63.0 Å². The summed E-state index contributed by atoms with van der Waals surface area (Å²) in [4.78, 5) is 12.1. The smallest absolute Gasteiger partial charge is 0.191 e. The Kier molecular flexibility index (Phi) is 10.4. The molecule has 2 aromatic rings. The largest absolute Gasteiger partial charge is 0.497 e. The van der Waals surface area contributed by atoms with Crippen molar-refractivity contribution in [3.05, 3.63) is 59.9 Å². The first-order chi connectivity index (χ1) is 16.2. The fraction of sp³-hybridized carbons (Fsp3) is 0.556. The first kappa shape index (κ1) is 26.7. The molecule has 186 valence electrons. The van der Waals surface area contributed by atoms with Gasteiger partial charge in [0.25, 0.3) is 0 Å². The van der Waals surface area contributed by atoms with Crippen LogP contribution in [0.3, 0.4) is 0 Å². The van der Waals surface area contributed by atoms with Crippen LogP contribution in [-0.4, -0.2) is 55.2 Å². The van der Waals surface area contributed by atoms with Crippen molar-refractivity contribution in [3.63, 3.8) is 0 Å². The highest BCUT2D eigenvalue weighted by molar-refractivity contribution is 14.0. The van der Waals surface area contributed by atoms with Crippen molar-refractivity contribution in [1.29, 1.82) is 0 Å². The Labute approximate surface area is 222 Å². The number of nitrogens with zero attached hydrogens (tertiary/aromatic N) is 3. The van der Waals surface area contributed by atoms with Crippen molar-refractivity contribution >= 4 is 29.9 Å². The number of methoxy groups -OCH3 is 1. The molecule has 0 atom stereocenters. The van der Waals surface area contributed by atoms with E-state index in [0.29, 0.717) is 6.04 Å². The van der Waals surface area contributed by atoms with Crippen LogP contribution in [0.15, 0.2) is 53.7 Å². The van der Waals surface area contributed by atoms with Crippen LogP contribution in [-0.2, 0) is 12.0 Å². The minimum Gasteiger partial charge on any atom is -0.497 e. The molecule has 2 aliphatic rings. The third-order valence-electron chi connectivity index (χ3n) is 7.17. The lowest BCUT2D eigenvalue weighted by Gasteiger charge is -2.33. The number of halogens is 1. The summed E-state index contributed by atoms with van der Waals surface area (Å²) in [6, 6.07) is 15.2. The molecular formula is C27H40IN5O. The maximum Gasteiger partial charge on any atom is 0.191 e. The lowest BCUT2D eigenvalue weighted by Crippen LogP contribution is -2.49. The van der Waals surface area contributed by atoms with E-state index in [9.17, 15) is 0 Å². The maximum absolute atomic E-state index is 5.50. The van der Waals surface area contributed by atoms with Crippen molar-refractivity contribution in [2.45, 2.75) is 63.5 Å². The lowest BCUT2D eigenvalue weighted by molar-refractivity contribution is 0.196. The van der Waals surface area contributed by atoms with Crippen molar-refractivity contribution in [1.82, 2.24) is 20.5 Å². The van der Waals surface area contributed by atoms with E-state index in [1.54, 1.807) is 7.11 Å². The molecule has 0 unspecified atom stereocenters. The number of rotatable bonds is 8. The summed E-state index contributed by atoms with van der Waals surface area (Å²) in [5.74, 6) is 1.89. The van der Waals surface area contributed by atoms with Crippen molar-refractivity contribution < 1.29 is 4.74 Å². The molecule has 34 heavy (non-hydrogen) atoms. The van der Waals surface area contributed by atoms with Crippen LogP contribution in [0.4, 0.5) is 0 Å². The summed E-state index contributed by atoms with van der Waals surface area (Å²) in [5, 5.41) is 7.22. The molecule has 1 aromatic carbocycles.